The van der Waals surface area contributed by atoms with Gasteiger partial charge in [0.15, 0.2) is 0 Å². The second kappa shape index (κ2) is 9.63. The standard InChI is InChI=1S/C23H32FN3O4/c1-17-6-8-23(9-7-17)27(22(29)18-4-2-3-5-19(18)24)20(16-31-23)21(28)25-10-11-26-12-14-30-15-13-26/h2-5,17,20H,6-16H2,1H3,(H,25,28)/t17?,20-,23?/m1/s1. The molecule has 1 aromatic rings. The molecule has 0 aromatic heterocycles. The van der Waals surface area contributed by atoms with Crippen LogP contribution in [0.2, 0.25) is 0 Å². The first-order valence-electron chi connectivity index (χ1n) is 11.3. The second-order valence-electron chi connectivity index (χ2n) is 8.86. The molecule has 0 unspecified atom stereocenters. The summed E-state index contributed by atoms with van der Waals surface area (Å²) in [6, 6.07) is 5.19. The van der Waals surface area contributed by atoms with Crippen molar-refractivity contribution in [1.82, 2.24) is 15.1 Å². The Morgan fingerprint density at radius 2 is 1.90 bits per heavy atom. The molecule has 2 amide bonds. The van der Waals surface area contributed by atoms with Crippen molar-refractivity contribution in [1.29, 1.82) is 0 Å². The molecule has 4 rings (SSSR count). The Balaban J connectivity index is 1.49. The van der Waals surface area contributed by atoms with Crippen molar-refractivity contribution in [3.8, 4) is 0 Å². The lowest BCUT2D eigenvalue weighted by molar-refractivity contribution is -0.128. The highest BCUT2D eigenvalue weighted by molar-refractivity contribution is 5.98. The van der Waals surface area contributed by atoms with Gasteiger partial charge in [-0.25, -0.2) is 4.39 Å². The van der Waals surface area contributed by atoms with E-state index in [1.54, 1.807) is 12.1 Å². The minimum atomic E-state index is -0.835. The molecule has 7 nitrogen and oxygen atoms in total. The van der Waals surface area contributed by atoms with Crippen LogP contribution < -0.4 is 5.32 Å². The number of hydrogen-bond donors (Lipinski definition) is 1. The lowest BCUT2D eigenvalue weighted by Gasteiger charge is -2.43. The van der Waals surface area contributed by atoms with Gasteiger partial charge in [-0.05, 0) is 43.7 Å². The number of hydrogen-bond acceptors (Lipinski definition) is 5. The van der Waals surface area contributed by atoms with Crippen molar-refractivity contribution < 1.29 is 23.5 Å². The van der Waals surface area contributed by atoms with Gasteiger partial charge < -0.3 is 14.8 Å². The van der Waals surface area contributed by atoms with Crippen LogP contribution in [0.1, 0.15) is 43.0 Å². The highest BCUT2D eigenvalue weighted by Gasteiger charge is 2.53. The van der Waals surface area contributed by atoms with E-state index in [-0.39, 0.29) is 18.1 Å². The Hall–Kier alpha value is -2.03. The number of amides is 2. The van der Waals surface area contributed by atoms with E-state index in [2.05, 4.69) is 17.1 Å². The molecule has 0 radical (unpaired) electrons. The molecule has 1 aliphatic carbocycles. The average molecular weight is 434 g/mol. The number of carbonyl (C=O) groups is 2. The van der Waals surface area contributed by atoms with E-state index in [0.717, 1.165) is 32.5 Å². The molecule has 2 aliphatic heterocycles. The lowest BCUT2D eigenvalue weighted by atomic mass is 9.83. The Bertz CT molecular complexity index is 791. The minimum Gasteiger partial charge on any atom is -0.379 e. The number of nitrogens with one attached hydrogen (secondary N) is 1. The number of halogens is 1. The number of nitrogens with zero attached hydrogens (tertiary/aromatic N) is 2. The normalized spacial score (nSPS) is 29.3. The Morgan fingerprint density at radius 1 is 1.19 bits per heavy atom. The third-order valence-corrected chi connectivity index (χ3v) is 6.77. The van der Waals surface area contributed by atoms with Gasteiger partial charge in [-0.3, -0.25) is 19.4 Å². The zero-order valence-electron chi connectivity index (χ0n) is 18.1. The van der Waals surface area contributed by atoms with Crippen LogP contribution in [0.5, 0.6) is 0 Å². The van der Waals surface area contributed by atoms with Crippen molar-refractivity contribution in [2.24, 2.45) is 5.92 Å². The second-order valence-corrected chi connectivity index (χ2v) is 8.86. The van der Waals surface area contributed by atoms with E-state index >= 15 is 0 Å². The first-order valence-corrected chi connectivity index (χ1v) is 11.3. The van der Waals surface area contributed by atoms with Gasteiger partial charge in [-0.15, -0.1) is 0 Å². The zero-order valence-corrected chi connectivity index (χ0v) is 18.1. The fraction of sp³-hybridized carbons (Fsp3) is 0.652. The summed E-state index contributed by atoms with van der Waals surface area (Å²) in [6.45, 7) is 6.64. The molecule has 0 bridgehead atoms. The summed E-state index contributed by atoms with van der Waals surface area (Å²) in [7, 11) is 0. The first kappa shape index (κ1) is 22.2. The number of carbonyl (C=O) groups excluding carboxylic acids is 2. The molecule has 1 N–H and O–H groups in total. The van der Waals surface area contributed by atoms with Crippen LogP contribution in [0.4, 0.5) is 4.39 Å². The van der Waals surface area contributed by atoms with Crippen LogP contribution in [0.25, 0.3) is 0 Å². The quantitative estimate of drug-likeness (QED) is 0.769. The maximum Gasteiger partial charge on any atom is 0.259 e. The molecule has 3 aliphatic rings. The number of ether oxygens (including phenoxy) is 2. The Morgan fingerprint density at radius 3 is 2.61 bits per heavy atom. The maximum atomic E-state index is 14.4. The number of benzene rings is 1. The molecule has 8 heteroatoms. The first-order chi connectivity index (χ1) is 15.0. The van der Waals surface area contributed by atoms with E-state index in [4.69, 9.17) is 9.47 Å². The molecule has 1 spiro atoms. The summed E-state index contributed by atoms with van der Waals surface area (Å²) < 4.78 is 25.9. The van der Waals surface area contributed by atoms with Gasteiger partial charge in [-0.2, -0.15) is 0 Å². The SMILES string of the molecule is CC1CCC2(CC1)OC[C@H](C(=O)NCCN1CCOCC1)N2C(=O)c1ccccc1F. The predicted octanol–water partition coefficient (Wildman–Crippen LogP) is 2.02. The fourth-order valence-corrected chi connectivity index (χ4v) is 4.82. The van der Waals surface area contributed by atoms with E-state index < -0.39 is 23.5 Å². The Kier molecular flexibility index (Phi) is 6.89. The van der Waals surface area contributed by atoms with E-state index in [1.165, 1.54) is 17.0 Å². The van der Waals surface area contributed by atoms with Crippen molar-refractivity contribution in [3.63, 3.8) is 0 Å². The van der Waals surface area contributed by atoms with Gasteiger partial charge in [0.25, 0.3) is 5.91 Å². The van der Waals surface area contributed by atoms with Crippen LogP contribution in [0.15, 0.2) is 24.3 Å². The number of morpholine rings is 1. The molecule has 1 aromatic carbocycles. The van der Waals surface area contributed by atoms with Gasteiger partial charge in [0, 0.05) is 26.2 Å². The Labute approximate surface area is 182 Å². The predicted molar refractivity (Wildman–Crippen MR) is 113 cm³/mol. The van der Waals surface area contributed by atoms with E-state index in [9.17, 15) is 14.0 Å². The summed E-state index contributed by atoms with van der Waals surface area (Å²) >= 11 is 0. The van der Waals surface area contributed by atoms with Crippen molar-refractivity contribution in [2.45, 2.75) is 44.4 Å². The van der Waals surface area contributed by atoms with Gasteiger partial charge in [0.05, 0.1) is 25.4 Å². The van der Waals surface area contributed by atoms with Gasteiger partial charge >= 0.3 is 0 Å². The molecule has 2 heterocycles. The zero-order chi connectivity index (χ0) is 21.8. The molecule has 1 saturated carbocycles. The highest BCUT2D eigenvalue weighted by atomic mass is 19.1. The smallest absolute Gasteiger partial charge is 0.259 e. The average Bonchev–Trinajstić information content (AvgIpc) is 3.15. The summed E-state index contributed by atoms with van der Waals surface area (Å²) in [5, 5.41) is 2.96. The van der Waals surface area contributed by atoms with Gasteiger partial charge in [0.2, 0.25) is 5.91 Å². The topological polar surface area (TPSA) is 71.1 Å². The highest BCUT2D eigenvalue weighted by Crippen LogP contribution is 2.43. The van der Waals surface area contributed by atoms with Crippen molar-refractivity contribution in [2.75, 3.05) is 46.0 Å². The molecule has 31 heavy (non-hydrogen) atoms. The largest absolute Gasteiger partial charge is 0.379 e. The van der Waals surface area contributed by atoms with E-state index in [1.807, 2.05) is 0 Å². The van der Waals surface area contributed by atoms with Gasteiger partial charge in [0.1, 0.15) is 17.6 Å². The molecule has 2 saturated heterocycles. The third kappa shape index (κ3) is 4.76. The summed E-state index contributed by atoms with van der Waals surface area (Å²) in [5.41, 5.74) is -0.852. The van der Waals surface area contributed by atoms with Crippen molar-refractivity contribution >= 4 is 11.8 Å². The van der Waals surface area contributed by atoms with Crippen LogP contribution >= 0.6 is 0 Å². The molecular formula is C23H32FN3O4. The molecule has 3 fully saturated rings. The molecule has 1 atom stereocenters. The molecular weight excluding hydrogens is 401 g/mol. The lowest BCUT2D eigenvalue weighted by Crippen LogP contribution is -2.57. The van der Waals surface area contributed by atoms with Crippen LogP contribution in [0, 0.1) is 11.7 Å². The summed E-state index contributed by atoms with van der Waals surface area (Å²) in [6.07, 6.45) is 3.14. The summed E-state index contributed by atoms with van der Waals surface area (Å²) in [5.74, 6) is -0.752. The monoisotopic (exact) mass is 433 g/mol. The maximum absolute atomic E-state index is 14.4. The summed E-state index contributed by atoms with van der Waals surface area (Å²) in [4.78, 5) is 30.3. The minimum absolute atomic E-state index is 0.0166. The fourth-order valence-electron chi connectivity index (χ4n) is 4.82. The van der Waals surface area contributed by atoms with Crippen molar-refractivity contribution in [3.05, 3.63) is 35.6 Å². The van der Waals surface area contributed by atoms with Gasteiger partial charge in [-0.1, -0.05) is 19.1 Å². The molecule has 170 valence electrons. The number of rotatable bonds is 5. The van der Waals surface area contributed by atoms with E-state index in [0.29, 0.717) is 38.5 Å². The van der Waals surface area contributed by atoms with Crippen LogP contribution in [-0.4, -0.2) is 79.4 Å². The van der Waals surface area contributed by atoms with Crippen LogP contribution in [0.3, 0.4) is 0 Å². The third-order valence-electron chi connectivity index (χ3n) is 6.77. The van der Waals surface area contributed by atoms with Crippen LogP contribution in [-0.2, 0) is 14.3 Å².